The smallest absolute Gasteiger partial charge is 0.341 e. The number of nitrogens with zero attached hydrogens (tertiary/aromatic N) is 1. The molecule has 0 fully saturated rings. The zero-order chi connectivity index (χ0) is 13.7. The number of benzene rings is 1. The first-order chi connectivity index (χ1) is 9.22. The van der Waals surface area contributed by atoms with Crippen molar-refractivity contribution in [2.45, 2.75) is 6.92 Å². The van der Waals surface area contributed by atoms with Crippen LogP contribution in [-0.2, 0) is 0 Å². The quantitative estimate of drug-likeness (QED) is 0.906. The first-order valence-corrected chi connectivity index (χ1v) is 5.79. The summed E-state index contributed by atoms with van der Waals surface area (Å²) in [5, 5.41) is 9.08. The Kier molecular flexibility index (Phi) is 3.93. The van der Waals surface area contributed by atoms with E-state index in [0.717, 1.165) is 5.56 Å². The van der Waals surface area contributed by atoms with Crippen LogP contribution in [0.4, 0.5) is 0 Å². The normalized spacial score (nSPS) is 10.6. The van der Waals surface area contributed by atoms with Crippen molar-refractivity contribution in [3.63, 3.8) is 0 Å². The van der Waals surface area contributed by atoms with Crippen LogP contribution in [0, 0.1) is 0 Å². The van der Waals surface area contributed by atoms with Gasteiger partial charge in [0.1, 0.15) is 17.1 Å². The van der Waals surface area contributed by atoms with E-state index in [9.17, 15) is 4.79 Å². The molecule has 0 aliphatic carbocycles. The molecule has 1 N–H and O–H groups in total. The molecule has 0 spiro atoms. The summed E-state index contributed by atoms with van der Waals surface area (Å²) in [6.45, 7) is 1.91. The van der Waals surface area contributed by atoms with E-state index < -0.39 is 5.97 Å². The number of carboxylic acid groups (broad SMARTS) is 1. The molecule has 1 heterocycles. The van der Waals surface area contributed by atoms with Crippen LogP contribution in [0.3, 0.4) is 0 Å². The van der Waals surface area contributed by atoms with Gasteiger partial charge in [-0.15, -0.1) is 0 Å². The Hall–Kier alpha value is -2.62. The number of para-hydroxylation sites is 1. The van der Waals surface area contributed by atoms with Gasteiger partial charge in [0.15, 0.2) is 0 Å². The van der Waals surface area contributed by atoms with Crippen molar-refractivity contribution < 1.29 is 14.6 Å². The molecule has 0 aliphatic rings. The lowest BCUT2D eigenvalue weighted by molar-refractivity contribution is 0.0693. The second-order valence-corrected chi connectivity index (χ2v) is 3.82. The highest BCUT2D eigenvalue weighted by atomic mass is 16.5. The number of aromatic nitrogens is 1. The van der Waals surface area contributed by atoms with Crippen molar-refractivity contribution in [2.75, 3.05) is 0 Å². The van der Waals surface area contributed by atoms with E-state index in [1.165, 1.54) is 18.5 Å². The van der Waals surface area contributed by atoms with E-state index in [0.29, 0.717) is 5.75 Å². The average Bonchev–Trinajstić information content (AvgIpc) is 2.42. The fourth-order valence-electron chi connectivity index (χ4n) is 1.64. The van der Waals surface area contributed by atoms with Gasteiger partial charge in [0.05, 0.1) is 0 Å². The first kappa shape index (κ1) is 12.8. The summed E-state index contributed by atoms with van der Waals surface area (Å²) in [4.78, 5) is 14.9. The lowest BCUT2D eigenvalue weighted by atomic mass is 10.2. The molecule has 1 aromatic carbocycles. The number of carbonyl (C=O) groups is 1. The molecule has 1 aromatic heterocycles. The van der Waals surface area contributed by atoms with Crippen LogP contribution in [0.25, 0.3) is 6.08 Å². The van der Waals surface area contributed by atoms with Gasteiger partial charge in [0.25, 0.3) is 0 Å². The maximum atomic E-state index is 11.1. The number of hydrogen-bond acceptors (Lipinski definition) is 3. The molecule has 2 rings (SSSR count). The maximum absolute atomic E-state index is 11.1. The maximum Gasteiger partial charge on any atom is 0.341 e. The van der Waals surface area contributed by atoms with E-state index in [1.807, 2.05) is 37.3 Å². The van der Waals surface area contributed by atoms with Gasteiger partial charge in [-0.25, -0.2) is 4.79 Å². The Labute approximate surface area is 111 Å². The predicted molar refractivity (Wildman–Crippen MR) is 72.4 cm³/mol. The summed E-state index contributed by atoms with van der Waals surface area (Å²) in [5.41, 5.74) is 0.927. The van der Waals surface area contributed by atoms with Crippen molar-refractivity contribution >= 4 is 12.0 Å². The van der Waals surface area contributed by atoms with Crippen LogP contribution in [0.15, 0.2) is 48.8 Å². The van der Waals surface area contributed by atoms with Crippen LogP contribution in [0.5, 0.6) is 11.5 Å². The molecule has 2 aromatic rings. The highest BCUT2D eigenvalue weighted by Gasteiger charge is 2.12. The molecule has 0 atom stereocenters. The second kappa shape index (κ2) is 5.82. The third-order valence-electron chi connectivity index (χ3n) is 2.50. The third-order valence-corrected chi connectivity index (χ3v) is 2.50. The minimum Gasteiger partial charge on any atom is -0.477 e. The standard InChI is InChI=1S/C15H13NO3/c1-2-5-11-6-3-4-7-13(11)19-14-8-9-16-10-12(14)15(17)18/h2-10H,1H3,(H,17,18)/b5-2+. The van der Waals surface area contributed by atoms with E-state index in [1.54, 1.807) is 6.07 Å². The lowest BCUT2D eigenvalue weighted by Gasteiger charge is -2.10. The lowest BCUT2D eigenvalue weighted by Crippen LogP contribution is -2.01. The van der Waals surface area contributed by atoms with Crippen molar-refractivity contribution in [1.82, 2.24) is 4.98 Å². The number of hydrogen-bond donors (Lipinski definition) is 1. The predicted octanol–water partition coefficient (Wildman–Crippen LogP) is 3.61. The molecule has 4 nitrogen and oxygen atoms in total. The molecule has 96 valence electrons. The van der Waals surface area contributed by atoms with Crippen LogP contribution < -0.4 is 4.74 Å². The summed E-state index contributed by atoms with van der Waals surface area (Å²) in [6, 6.07) is 8.96. The molecule has 0 saturated heterocycles. The fourth-order valence-corrected chi connectivity index (χ4v) is 1.64. The van der Waals surface area contributed by atoms with Crippen LogP contribution in [0.2, 0.25) is 0 Å². The molecule has 4 heteroatoms. The molecule has 0 amide bonds. The Morgan fingerprint density at radius 2 is 2.05 bits per heavy atom. The van der Waals surface area contributed by atoms with Crippen LogP contribution in [0.1, 0.15) is 22.8 Å². The van der Waals surface area contributed by atoms with E-state index in [-0.39, 0.29) is 11.3 Å². The number of ether oxygens (including phenoxy) is 1. The van der Waals surface area contributed by atoms with Gasteiger partial charge in [-0.1, -0.05) is 30.4 Å². The molecule has 0 radical (unpaired) electrons. The number of pyridine rings is 1. The number of carboxylic acids is 1. The summed E-state index contributed by atoms with van der Waals surface area (Å²) in [6.07, 6.45) is 6.57. The largest absolute Gasteiger partial charge is 0.477 e. The van der Waals surface area contributed by atoms with Gasteiger partial charge < -0.3 is 9.84 Å². The van der Waals surface area contributed by atoms with Crippen LogP contribution in [-0.4, -0.2) is 16.1 Å². The van der Waals surface area contributed by atoms with Gasteiger partial charge in [0.2, 0.25) is 0 Å². The second-order valence-electron chi connectivity index (χ2n) is 3.82. The topological polar surface area (TPSA) is 59.4 Å². The molecule has 0 saturated carbocycles. The molecule has 19 heavy (non-hydrogen) atoms. The Bertz CT molecular complexity index is 620. The van der Waals surface area contributed by atoms with Gasteiger partial charge >= 0.3 is 5.97 Å². The average molecular weight is 255 g/mol. The molecule has 0 unspecified atom stereocenters. The van der Waals surface area contributed by atoms with Gasteiger partial charge in [-0.3, -0.25) is 4.98 Å². The molecule has 0 bridgehead atoms. The Morgan fingerprint density at radius 1 is 1.26 bits per heavy atom. The minimum atomic E-state index is -1.06. The minimum absolute atomic E-state index is 0.0396. The van der Waals surface area contributed by atoms with Crippen molar-refractivity contribution in [2.24, 2.45) is 0 Å². The molecule has 0 aliphatic heterocycles. The van der Waals surface area contributed by atoms with E-state index in [2.05, 4.69) is 4.98 Å². The van der Waals surface area contributed by atoms with Crippen molar-refractivity contribution in [3.8, 4) is 11.5 Å². The summed E-state index contributed by atoms with van der Waals surface area (Å²) < 4.78 is 5.68. The van der Waals surface area contributed by atoms with E-state index >= 15 is 0 Å². The Morgan fingerprint density at radius 3 is 2.79 bits per heavy atom. The monoisotopic (exact) mass is 255 g/mol. The summed E-state index contributed by atoms with van der Waals surface area (Å²) in [5.74, 6) is -0.180. The van der Waals surface area contributed by atoms with E-state index in [4.69, 9.17) is 9.84 Å². The molecular weight excluding hydrogens is 242 g/mol. The van der Waals surface area contributed by atoms with Crippen LogP contribution >= 0.6 is 0 Å². The number of rotatable bonds is 4. The summed E-state index contributed by atoms with van der Waals surface area (Å²) in [7, 11) is 0. The zero-order valence-electron chi connectivity index (χ0n) is 10.4. The summed E-state index contributed by atoms with van der Waals surface area (Å²) >= 11 is 0. The number of aromatic carboxylic acids is 1. The van der Waals surface area contributed by atoms with Gasteiger partial charge in [-0.2, -0.15) is 0 Å². The Balaban J connectivity index is 2.39. The molecular formula is C15H13NO3. The van der Waals surface area contributed by atoms with Crippen molar-refractivity contribution in [1.29, 1.82) is 0 Å². The SMILES string of the molecule is C/C=C/c1ccccc1Oc1ccncc1C(=O)O. The first-order valence-electron chi connectivity index (χ1n) is 5.79. The van der Waals surface area contributed by atoms with Gasteiger partial charge in [-0.05, 0) is 13.0 Å². The third kappa shape index (κ3) is 2.98. The van der Waals surface area contributed by atoms with Gasteiger partial charge in [0, 0.05) is 24.0 Å². The van der Waals surface area contributed by atoms with Crippen molar-refractivity contribution in [3.05, 3.63) is 59.9 Å². The highest BCUT2D eigenvalue weighted by molar-refractivity contribution is 5.90. The fraction of sp³-hybridized carbons (Fsp3) is 0.0667. The number of allylic oxidation sites excluding steroid dienone is 1. The highest BCUT2D eigenvalue weighted by Crippen LogP contribution is 2.28. The zero-order valence-corrected chi connectivity index (χ0v) is 10.4.